The van der Waals surface area contributed by atoms with Gasteiger partial charge >= 0.3 is 0 Å². The van der Waals surface area contributed by atoms with Crippen LogP contribution >= 0.6 is 12.6 Å². The second-order valence-electron chi connectivity index (χ2n) is 4.65. The molecule has 0 saturated carbocycles. The fraction of sp³-hybridized carbons (Fsp3) is 0.429. The first-order chi connectivity index (χ1) is 8.69. The van der Waals surface area contributed by atoms with E-state index in [4.69, 9.17) is 0 Å². The number of hydrogen-bond donors (Lipinski definition) is 1. The molecule has 0 radical (unpaired) electrons. The zero-order chi connectivity index (χ0) is 13.0. The molecule has 1 aliphatic heterocycles. The normalized spacial score (nSPS) is 16.9. The Morgan fingerprint density at radius 2 is 1.78 bits per heavy atom. The number of halogens is 1. The van der Waals surface area contributed by atoms with Crippen LogP contribution in [-0.2, 0) is 0 Å². The molecule has 98 valence electrons. The van der Waals surface area contributed by atoms with Crippen molar-refractivity contribution in [3.05, 3.63) is 42.2 Å². The lowest BCUT2D eigenvalue weighted by atomic mass is 10.2. The summed E-state index contributed by atoms with van der Waals surface area (Å²) in [6, 6.07) is 6.73. The molecule has 1 fully saturated rings. The first-order valence-electron chi connectivity index (χ1n) is 6.19. The monoisotopic (exact) mass is 266 g/mol. The van der Waals surface area contributed by atoms with Gasteiger partial charge in [0.15, 0.2) is 0 Å². The molecule has 0 aliphatic carbocycles. The quantitative estimate of drug-likeness (QED) is 0.660. The topological polar surface area (TPSA) is 6.48 Å². The Morgan fingerprint density at radius 3 is 2.33 bits per heavy atom. The van der Waals surface area contributed by atoms with Crippen LogP contribution in [0.3, 0.4) is 0 Å². The summed E-state index contributed by atoms with van der Waals surface area (Å²) < 4.78 is 12.9. The summed E-state index contributed by atoms with van der Waals surface area (Å²) in [7, 11) is 0. The summed E-state index contributed by atoms with van der Waals surface area (Å²) in [6.45, 7) is 8.90. The highest BCUT2D eigenvalue weighted by Crippen LogP contribution is 2.17. The molecule has 2 nitrogen and oxygen atoms in total. The van der Waals surface area contributed by atoms with E-state index in [0.29, 0.717) is 0 Å². The van der Waals surface area contributed by atoms with Crippen molar-refractivity contribution in [3.8, 4) is 0 Å². The predicted octanol–water partition coefficient (Wildman–Crippen LogP) is 2.43. The van der Waals surface area contributed by atoms with E-state index in [-0.39, 0.29) is 5.82 Å². The SMILES string of the molecule is C=C(CS)CN1CCN(c2ccc(F)cc2)CC1. The molecule has 1 saturated heterocycles. The van der Waals surface area contributed by atoms with Gasteiger partial charge in [-0.15, -0.1) is 0 Å². The number of thiol groups is 1. The van der Waals surface area contributed by atoms with Crippen LogP contribution in [0.5, 0.6) is 0 Å². The first kappa shape index (κ1) is 13.4. The van der Waals surface area contributed by atoms with Crippen molar-refractivity contribution in [2.24, 2.45) is 0 Å². The van der Waals surface area contributed by atoms with Gasteiger partial charge in [0.1, 0.15) is 5.82 Å². The fourth-order valence-electron chi connectivity index (χ4n) is 2.18. The average Bonchev–Trinajstić information content (AvgIpc) is 2.40. The van der Waals surface area contributed by atoms with Gasteiger partial charge in [0, 0.05) is 44.2 Å². The molecule has 1 heterocycles. The van der Waals surface area contributed by atoms with E-state index in [1.54, 1.807) is 0 Å². The second kappa shape index (κ2) is 6.25. The molecule has 0 bridgehead atoms. The van der Waals surface area contributed by atoms with Crippen LogP contribution < -0.4 is 4.90 Å². The van der Waals surface area contributed by atoms with E-state index in [9.17, 15) is 4.39 Å². The van der Waals surface area contributed by atoms with Gasteiger partial charge in [-0.25, -0.2) is 4.39 Å². The van der Waals surface area contributed by atoms with Crippen molar-refractivity contribution < 1.29 is 4.39 Å². The maximum absolute atomic E-state index is 12.9. The highest BCUT2D eigenvalue weighted by molar-refractivity contribution is 7.80. The zero-order valence-corrected chi connectivity index (χ0v) is 11.4. The number of piperazine rings is 1. The van der Waals surface area contributed by atoms with Crippen LogP contribution in [0.2, 0.25) is 0 Å². The lowest BCUT2D eigenvalue weighted by Gasteiger charge is -2.36. The number of hydrogen-bond acceptors (Lipinski definition) is 3. The van der Waals surface area contributed by atoms with Crippen molar-refractivity contribution in [2.45, 2.75) is 0 Å². The summed E-state index contributed by atoms with van der Waals surface area (Å²) in [4.78, 5) is 4.68. The molecule has 0 unspecified atom stereocenters. The van der Waals surface area contributed by atoms with Gasteiger partial charge in [-0.1, -0.05) is 12.2 Å². The molecule has 1 aromatic carbocycles. The summed E-state index contributed by atoms with van der Waals surface area (Å²) in [5.41, 5.74) is 2.26. The zero-order valence-electron chi connectivity index (χ0n) is 10.5. The third-order valence-corrected chi connectivity index (χ3v) is 3.68. The molecule has 0 spiro atoms. The Bertz CT molecular complexity index is 397. The van der Waals surface area contributed by atoms with E-state index < -0.39 is 0 Å². The molecule has 1 aromatic rings. The molecule has 2 rings (SSSR count). The van der Waals surface area contributed by atoms with E-state index in [2.05, 4.69) is 29.0 Å². The van der Waals surface area contributed by atoms with E-state index in [0.717, 1.165) is 49.7 Å². The van der Waals surface area contributed by atoms with Gasteiger partial charge in [0.2, 0.25) is 0 Å². The van der Waals surface area contributed by atoms with Crippen LogP contribution in [0.4, 0.5) is 10.1 Å². The lowest BCUT2D eigenvalue weighted by Crippen LogP contribution is -2.47. The second-order valence-corrected chi connectivity index (χ2v) is 4.96. The molecule has 0 N–H and O–H groups in total. The van der Waals surface area contributed by atoms with Gasteiger partial charge < -0.3 is 4.90 Å². The maximum Gasteiger partial charge on any atom is 0.123 e. The van der Waals surface area contributed by atoms with Crippen molar-refractivity contribution in [1.29, 1.82) is 0 Å². The summed E-state index contributed by atoms with van der Waals surface area (Å²) in [6.07, 6.45) is 0. The minimum Gasteiger partial charge on any atom is -0.369 e. The summed E-state index contributed by atoms with van der Waals surface area (Å²) in [5.74, 6) is 0.570. The average molecular weight is 266 g/mol. The summed E-state index contributed by atoms with van der Waals surface area (Å²) in [5, 5.41) is 0. The van der Waals surface area contributed by atoms with E-state index in [1.165, 1.54) is 12.1 Å². The Balaban J connectivity index is 1.86. The molecular formula is C14H19FN2S. The van der Waals surface area contributed by atoms with Gasteiger partial charge in [0.05, 0.1) is 0 Å². The van der Waals surface area contributed by atoms with Crippen molar-refractivity contribution in [3.63, 3.8) is 0 Å². The number of anilines is 1. The lowest BCUT2D eigenvalue weighted by molar-refractivity contribution is 0.279. The van der Waals surface area contributed by atoms with Crippen LogP contribution in [0.25, 0.3) is 0 Å². The number of benzene rings is 1. The molecule has 0 aromatic heterocycles. The van der Waals surface area contributed by atoms with Gasteiger partial charge in [0.25, 0.3) is 0 Å². The highest BCUT2D eigenvalue weighted by Gasteiger charge is 2.17. The standard InChI is InChI=1S/C14H19FN2S/c1-12(11-18)10-16-6-8-17(9-7-16)14-4-2-13(15)3-5-14/h2-5,18H,1,6-11H2. The molecule has 0 amide bonds. The summed E-state index contributed by atoms with van der Waals surface area (Å²) >= 11 is 4.23. The van der Waals surface area contributed by atoms with Crippen LogP contribution in [0.1, 0.15) is 0 Å². The van der Waals surface area contributed by atoms with Crippen molar-refractivity contribution >= 4 is 18.3 Å². The molecule has 4 heteroatoms. The van der Waals surface area contributed by atoms with Crippen LogP contribution in [0, 0.1) is 5.82 Å². The highest BCUT2D eigenvalue weighted by atomic mass is 32.1. The maximum atomic E-state index is 12.9. The largest absolute Gasteiger partial charge is 0.369 e. The Labute approximate surface area is 113 Å². The molecular weight excluding hydrogens is 247 g/mol. The Morgan fingerprint density at radius 1 is 1.17 bits per heavy atom. The van der Waals surface area contributed by atoms with Gasteiger partial charge in [-0.2, -0.15) is 12.6 Å². The minimum absolute atomic E-state index is 0.178. The van der Waals surface area contributed by atoms with Crippen LogP contribution in [-0.4, -0.2) is 43.4 Å². The van der Waals surface area contributed by atoms with Gasteiger partial charge in [-0.05, 0) is 24.3 Å². The van der Waals surface area contributed by atoms with E-state index in [1.807, 2.05) is 12.1 Å². The van der Waals surface area contributed by atoms with Gasteiger partial charge in [-0.3, -0.25) is 4.90 Å². The third kappa shape index (κ3) is 3.50. The third-order valence-electron chi connectivity index (χ3n) is 3.23. The van der Waals surface area contributed by atoms with Crippen LogP contribution in [0.15, 0.2) is 36.4 Å². The molecule has 0 atom stereocenters. The molecule has 1 aliphatic rings. The Hall–Kier alpha value is -1.00. The van der Waals surface area contributed by atoms with Crippen molar-refractivity contribution in [2.75, 3.05) is 43.4 Å². The number of rotatable bonds is 4. The van der Waals surface area contributed by atoms with E-state index >= 15 is 0 Å². The fourth-order valence-corrected chi connectivity index (χ4v) is 2.28. The first-order valence-corrected chi connectivity index (χ1v) is 6.82. The smallest absolute Gasteiger partial charge is 0.123 e. The Kier molecular flexibility index (Phi) is 4.66. The minimum atomic E-state index is -0.178. The predicted molar refractivity (Wildman–Crippen MR) is 78.0 cm³/mol. The number of nitrogens with zero attached hydrogens (tertiary/aromatic N) is 2. The molecule has 18 heavy (non-hydrogen) atoms. The van der Waals surface area contributed by atoms with Crippen molar-refractivity contribution in [1.82, 2.24) is 4.90 Å².